The third-order valence-corrected chi connectivity index (χ3v) is 4.00. The fraction of sp³-hybridized carbons (Fsp3) is 0.846. The van der Waals surface area contributed by atoms with E-state index in [1.807, 2.05) is 6.92 Å². The largest absolute Gasteiger partial charge is 0.323 e. The Hall–Kier alpha value is -0.340. The highest BCUT2D eigenvalue weighted by Crippen LogP contribution is 2.28. The topological polar surface area (TPSA) is 29.3 Å². The minimum Gasteiger partial charge on any atom is -0.323 e. The highest BCUT2D eigenvalue weighted by molar-refractivity contribution is 5.12. The molecule has 2 N–H and O–H groups in total. The summed E-state index contributed by atoms with van der Waals surface area (Å²) >= 11 is 0. The molecule has 0 aromatic heterocycles. The standard InChI is InChI=1S/C13H26N2/c1-5-13(4,12(14)11(2)3)15-9-7-6-8-10-15/h12H,2,5-10,14H2,1,3-4H3. The molecule has 2 unspecified atom stereocenters. The average Bonchev–Trinajstić information content (AvgIpc) is 2.28. The first-order valence-corrected chi connectivity index (χ1v) is 6.18. The molecular formula is C13H26N2. The Balaban J connectivity index is 2.77. The van der Waals surface area contributed by atoms with Crippen molar-refractivity contribution in [3.63, 3.8) is 0 Å². The Kier molecular flexibility index (Phi) is 4.35. The van der Waals surface area contributed by atoms with E-state index in [4.69, 9.17) is 5.73 Å². The summed E-state index contributed by atoms with van der Waals surface area (Å²) in [7, 11) is 0. The van der Waals surface area contributed by atoms with E-state index in [0.717, 1.165) is 12.0 Å². The number of nitrogens with two attached hydrogens (primary N) is 1. The molecule has 88 valence electrons. The molecule has 1 aliphatic heterocycles. The monoisotopic (exact) mass is 210 g/mol. The Labute approximate surface area is 94.5 Å². The first-order valence-electron chi connectivity index (χ1n) is 6.18. The zero-order chi connectivity index (χ0) is 11.5. The maximum atomic E-state index is 6.30. The van der Waals surface area contributed by atoms with E-state index in [1.165, 1.54) is 32.4 Å². The van der Waals surface area contributed by atoms with Gasteiger partial charge in [0.05, 0.1) is 0 Å². The van der Waals surface area contributed by atoms with Crippen molar-refractivity contribution in [2.75, 3.05) is 13.1 Å². The van der Waals surface area contributed by atoms with Gasteiger partial charge in [0.1, 0.15) is 0 Å². The van der Waals surface area contributed by atoms with Gasteiger partial charge in [-0.15, -0.1) is 0 Å². The van der Waals surface area contributed by atoms with Crippen molar-refractivity contribution in [3.05, 3.63) is 12.2 Å². The number of hydrogen-bond donors (Lipinski definition) is 1. The van der Waals surface area contributed by atoms with Crippen LogP contribution in [0.5, 0.6) is 0 Å². The average molecular weight is 210 g/mol. The second kappa shape index (κ2) is 5.13. The molecule has 1 heterocycles. The van der Waals surface area contributed by atoms with Crippen molar-refractivity contribution in [1.82, 2.24) is 4.90 Å². The highest BCUT2D eigenvalue weighted by Gasteiger charge is 2.36. The minimum absolute atomic E-state index is 0.0978. The van der Waals surface area contributed by atoms with E-state index in [1.54, 1.807) is 0 Å². The van der Waals surface area contributed by atoms with Crippen molar-refractivity contribution in [1.29, 1.82) is 0 Å². The molecule has 0 aromatic rings. The lowest BCUT2D eigenvalue weighted by molar-refractivity contribution is 0.0638. The molecule has 0 saturated carbocycles. The molecule has 0 bridgehead atoms. The smallest absolute Gasteiger partial charge is 0.0433 e. The summed E-state index contributed by atoms with van der Waals surface area (Å²) in [5, 5.41) is 0. The molecule has 1 rings (SSSR count). The van der Waals surface area contributed by atoms with Gasteiger partial charge in [-0.25, -0.2) is 0 Å². The van der Waals surface area contributed by atoms with Crippen molar-refractivity contribution < 1.29 is 0 Å². The lowest BCUT2D eigenvalue weighted by Crippen LogP contribution is -2.59. The van der Waals surface area contributed by atoms with Gasteiger partial charge in [0.25, 0.3) is 0 Å². The number of piperidine rings is 1. The Morgan fingerprint density at radius 3 is 2.33 bits per heavy atom. The molecule has 0 aromatic carbocycles. The summed E-state index contributed by atoms with van der Waals surface area (Å²) < 4.78 is 0. The summed E-state index contributed by atoms with van der Waals surface area (Å²) in [6.45, 7) is 13.0. The number of likely N-dealkylation sites (tertiary alicyclic amines) is 1. The second-order valence-corrected chi connectivity index (χ2v) is 5.08. The van der Waals surface area contributed by atoms with Crippen molar-refractivity contribution in [2.45, 2.75) is 58.0 Å². The molecule has 0 radical (unpaired) electrons. The van der Waals surface area contributed by atoms with Crippen LogP contribution < -0.4 is 5.73 Å². The van der Waals surface area contributed by atoms with Gasteiger partial charge in [0.2, 0.25) is 0 Å². The quantitative estimate of drug-likeness (QED) is 0.723. The lowest BCUT2D eigenvalue weighted by Gasteiger charge is -2.47. The first-order chi connectivity index (χ1) is 7.02. The van der Waals surface area contributed by atoms with Crippen molar-refractivity contribution in [2.24, 2.45) is 5.73 Å². The summed E-state index contributed by atoms with van der Waals surface area (Å²) in [5.74, 6) is 0. The van der Waals surface area contributed by atoms with Crippen molar-refractivity contribution in [3.8, 4) is 0 Å². The predicted molar refractivity (Wildman–Crippen MR) is 66.9 cm³/mol. The van der Waals surface area contributed by atoms with Crippen LogP contribution in [0.3, 0.4) is 0 Å². The van der Waals surface area contributed by atoms with Gasteiger partial charge < -0.3 is 5.73 Å². The molecule has 2 nitrogen and oxygen atoms in total. The van der Waals surface area contributed by atoms with Crippen LogP contribution in [0.1, 0.15) is 46.5 Å². The molecular weight excluding hydrogens is 184 g/mol. The lowest BCUT2D eigenvalue weighted by atomic mass is 9.83. The predicted octanol–water partition coefficient (Wildman–Crippen LogP) is 2.54. The Morgan fingerprint density at radius 1 is 1.40 bits per heavy atom. The van der Waals surface area contributed by atoms with Crippen LogP contribution in [0.25, 0.3) is 0 Å². The normalized spacial score (nSPS) is 24.5. The van der Waals surface area contributed by atoms with Gasteiger partial charge in [-0.1, -0.05) is 25.5 Å². The number of rotatable bonds is 4. The van der Waals surface area contributed by atoms with E-state index in [0.29, 0.717) is 0 Å². The third kappa shape index (κ3) is 2.61. The van der Waals surface area contributed by atoms with Gasteiger partial charge in [-0.2, -0.15) is 0 Å². The van der Waals surface area contributed by atoms with Crippen LogP contribution in [0.15, 0.2) is 12.2 Å². The van der Waals surface area contributed by atoms with Gasteiger partial charge in [0.15, 0.2) is 0 Å². The molecule has 2 heteroatoms. The SMILES string of the molecule is C=C(C)C(N)C(C)(CC)N1CCCCC1. The van der Waals surface area contributed by atoms with Gasteiger partial charge in [-0.05, 0) is 46.2 Å². The van der Waals surface area contributed by atoms with Crippen LogP contribution in [0, 0.1) is 0 Å². The number of nitrogens with zero attached hydrogens (tertiary/aromatic N) is 1. The molecule has 1 fully saturated rings. The van der Waals surface area contributed by atoms with E-state index < -0.39 is 0 Å². The summed E-state index contributed by atoms with van der Waals surface area (Å²) in [4.78, 5) is 2.57. The third-order valence-electron chi connectivity index (χ3n) is 4.00. The second-order valence-electron chi connectivity index (χ2n) is 5.08. The van der Waals surface area contributed by atoms with Crippen LogP contribution >= 0.6 is 0 Å². The van der Waals surface area contributed by atoms with Crippen molar-refractivity contribution >= 4 is 0 Å². The summed E-state index contributed by atoms with van der Waals surface area (Å²) in [5.41, 5.74) is 7.50. The fourth-order valence-corrected chi connectivity index (χ4v) is 2.58. The van der Waals surface area contributed by atoms with Gasteiger partial charge in [0, 0.05) is 11.6 Å². The maximum Gasteiger partial charge on any atom is 0.0433 e. The van der Waals surface area contributed by atoms with E-state index in [2.05, 4.69) is 25.3 Å². The number of hydrogen-bond acceptors (Lipinski definition) is 2. The fourth-order valence-electron chi connectivity index (χ4n) is 2.58. The van der Waals surface area contributed by atoms with Crippen LogP contribution in [0.2, 0.25) is 0 Å². The molecule has 0 aliphatic carbocycles. The maximum absolute atomic E-state index is 6.30. The van der Waals surface area contributed by atoms with Crippen LogP contribution in [-0.4, -0.2) is 29.6 Å². The van der Waals surface area contributed by atoms with Crippen LogP contribution in [-0.2, 0) is 0 Å². The summed E-state index contributed by atoms with van der Waals surface area (Å²) in [6, 6.07) is 0.0978. The highest BCUT2D eigenvalue weighted by atomic mass is 15.2. The Bertz CT molecular complexity index is 219. The molecule has 15 heavy (non-hydrogen) atoms. The molecule has 0 amide bonds. The van der Waals surface area contributed by atoms with Gasteiger partial charge in [-0.3, -0.25) is 4.90 Å². The molecule has 1 saturated heterocycles. The van der Waals surface area contributed by atoms with E-state index in [-0.39, 0.29) is 11.6 Å². The van der Waals surface area contributed by atoms with E-state index >= 15 is 0 Å². The van der Waals surface area contributed by atoms with Crippen LogP contribution in [0.4, 0.5) is 0 Å². The molecule has 1 aliphatic rings. The molecule has 2 atom stereocenters. The zero-order valence-electron chi connectivity index (χ0n) is 10.6. The summed E-state index contributed by atoms with van der Waals surface area (Å²) in [6.07, 6.45) is 5.11. The molecule has 0 spiro atoms. The van der Waals surface area contributed by atoms with Gasteiger partial charge >= 0.3 is 0 Å². The zero-order valence-corrected chi connectivity index (χ0v) is 10.6. The Morgan fingerprint density at radius 2 is 1.93 bits per heavy atom. The first kappa shape index (κ1) is 12.7. The minimum atomic E-state index is 0.0978. The van der Waals surface area contributed by atoms with E-state index in [9.17, 15) is 0 Å².